The van der Waals surface area contributed by atoms with Crippen molar-refractivity contribution >= 4 is 40.4 Å². The molecule has 1 saturated carbocycles. The molecule has 3 amide bonds. The van der Waals surface area contributed by atoms with Crippen LogP contribution in [0.1, 0.15) is 66.7 Å². The summed E-state index contributed by atoms with van der Waals surface area (Å²) in [5.41, 5.74) is 3.61. The molecule has 0 radical (unpaired) electrons. The van der Waals surface area contributed by atoms with Gasteiger partial charge in [-0.15, -0.1) is 0 Å². The third-order valence-electron chi connectivity index (χ3n) is 9.87. The monoisotopic (exact) mass is 658 g/mol. The van der Waals surface area contributed by atoms with Gasteiger partial charge >= 0.3 is 0 Å². The third kappa shape index (κ3) is 7.84. The number of nitrogens with one attached hydrogen (secondary N) is 2. The number of likely N-dealkylation sites (tertiary alicyclic amines) is 2. The van der Waals surface area contributed by atoms with E-state index in [1.807, 2.05) is 6.92 Å². The first-order valence-electron chi connectivity index (χ1n) is 16.9. The van der Waals surface area contributed by atoms with E-state index in [1.165, 1.54) is 42.0 Å². The third-order valence-corrected chi connectivity index (χ3v) is 9.87. The highest BCUT2D eigenvalue weighted by Crippen LogP contribution is 2.33. The summed E-state index contributed by atoms with van der Waals surface area (Å²) >= 11 is 0. The predicted molar refractivity (Wildman–Crippen MR) is 183 cm³/mol. The lowest BCUT2D eigenvalue weighted by Gasteiger charge is -2.36. The molecule has 2 N–H and O–H groups in total. The van der Waals surface area contributed by atoms with Crippen LogP contribution in [-0.4, -0.2) is 91.0 Å². The second kappa shape index (κ2) is 14.4. The Balaban J connectivity index is 1.10. The molecule has 6 rings (SSSR count). The standard InChI is InChI=1S/C37H44F2N6O3/c1-23(31-11-10-30(19-25(31)7-6-24-4-5-24)44(3)29-14-16-43(2)17-15-29)41-37(48)34-20-28(39)22-45(34)35(46)21-40-36(47)33-12-8-26-18-27(38)9-13-32(26)42-33/h6-13,18-19,23-24,28-29,34H,4-5,14-17,20-22H2,1-3H3,(H,40,47)(H,41,48)/b7-6+/t23-,28+,34-/m0/s1. The lowest BCUT2D eigenvalue weighted by atomic mass is 9.97. The highest BCUT2D eigenvalue weighted by atomic mass is 19.1. The van der Waals surface area contributed by atoms with Crippen molar-refractivity contribution in [1.82, 2.24) is 25.4 Å². The second-order valence-corrected chi connectivity index (χ2v) is 13.5. The topological polar surface area (TPSA) is 97.9 Å². The van der Waals surface area contributed by atoms with Gasteiger partial charge in [-0.3, -0.25) is 14.4 Å². The number of fused-ring (bicyclic) bond motifs is 1. The summed E-state index contributed by atoms with van der Waals surface area (Å²) < 4.78 is 28.2. The average molecular weight is 659 g/mol. The highest BCUT2D eigenvalue weighted by molar-refractivity contribution is 5.97. The van der Waals surface area contributed by atoms with E-state index < -0.39 is 42.3 Å². The molecule has 3 fully saturated rings. The van der Waals surface area contributed by atoms with E-state index in [0.29, 0.717) is 22.9 Å². The van der Waals surface area contributed by atoms with Crippen LogP contribution >= 0.6 is 0 Å². The van der Waals surface area contributed by atoms with E-state index in [4.69, 9.17) is 0 Å². The number of hydrogen-bond donors (Lipinski definition) is 2. The molecule has 11 heteroatoms. The highest BCUT2D eigenvalue weighted by Gasteiger charge is 2.40. The molecule has 0 unspecified atom stereocenters. The van der Waals surface area contributed by atoms with E-state index in [1.54, 1.807) is 6.07 Å². The molecule has 3 heterocycles. The van der Waals surface area contributed by atoms with Gasteiger partial charge in [0, 0.05) is 30.6 Å². The van der Waals surface area contributed by atoms with Crippen LogP contribution in [0.5, 0.6) is 0 Å². The Morgan fingerprint density at radius 1 is 1.06 bits per heavy atom. The number of aromatic nitrogens is 1. The molecule has 0 spiro atoms. The van der Waals surface area contributed by atoms with Gasteiger partial charge in [-0.05, 0) is 106 Å². The minimum absolute atomic E-state index is 0.0601. The SMILES string of the molecule is C[C@H](NC(=O)[C@@H]1C[C@@H](F)CN1C(=O)CNC(=O)c1ccc2cc(F)ccc2n1)c1ccc(N(C)C2CCN(C)CC2)cc1/C=C/C1CC1. The van der Waals surface area contributed by atoms with Crippen molar-refractivity contribution in [2.75, 3.05) is 45.2 Å². The number of halogens is 2. The minimum Gasteiger partial charge on any atom is -0.371 e. The summed E-state index contributed by atoms with van der Waals surface area (Å²) in [6, 6.07) is 12.5. The number of alkyl halides is 1. The van der Waals surface area contributed by atoms with Crippen molar-refractivity contribution < 1.29 is 23.2 Å². The molecule has 0 bridgehead atoms. The number of piperidine rings is 1. The second-order valence-electron chi connectivity index (χ2n) is 13.5. The average Bonchev–Trinajstić information content (AvgIpc) is 3.83. The van der Waals surface area contributed by atoms with Crippen LogP contribution in [0.3, 0.4) is 0 Å². The summed E-state index contributed by atoms with van der Waals surface area (Å²) in [7, 11) is 4.30. The van der Waals surface area contributed by atoms with Crippen molar-refractivity contribution in [3.8, 4) is 0 Å². The zero-order valence-corrected chi connectivity index (χ0v) is 27.8. The molecular weight excluding hydrogens is 614 g/mol. The summed E-state index contributed by atoms with van der Waals surface area (Å²) in [4.78, 5) is 49.7. The minimum atomic E-state index is -1.36. The number of carbonyl (C=O) groups is 3. The van der Waals surface area contributed by atoms with Gasteiger partial charge in [0.15, 0.2) is 0 Å². The first-order chi connectivity index (χ1) is 23.0. The largest absolute Gasteiger partial charge is 0.371 e. The summed E-state index contributed by atoms with van der Waals surface area (Å²) in [6.07, 6.45) is 7.49. The Labute approximate surface area is 280 Å². The number of hydrogen-bond acceptors (Lipinski definition) is 6. The molecule has 254 valence electrons. The predicted octanol–water partition coefficient (Wildman–Crippen LogP) is 4.87. The molecule has 3 aliphatic rings. The van der Waals surface area contributed by atoms with Gasteiger partial charge in [-0.1, -0.05) is 24.3 Å². The molecule has 2 aliphatic heterocycles. The maximum atomic E-state index is 14.7. The Hall–Kier alpha value is -4.38. The fraction of sp³-hybridized carbons (Fsp3) is 0.459. The van der Waals surface area contributed by atoms with Gasteiger partial charge in [0.2, 0.25) is 11.8 Å². The van der Waals surface area contributed by atoms with Crippen molar-refractivity contribution in [2.24, 2.45) is 5.92 Å². The Morgan fingerprint density at radius 3 is 2.58 bits per heavy atom. The quantitative estimate of drug-likeness (QED) is 0.323. The van der Waals surface area contributed by atoms with Crippen molar-refractivity contribution in [2.45, 2.75) is 63.3 Å². The van der Waals surface area contributed by atoms with Crippen LogP contribution in [0.4, 0.5) is 14.5 Å². The van der Waals surface area contributed by atoms with Crippen molar-refractivity contribution in [3.05, 3.63) is 77.2 Å². The maximum Gasteiger partial charge on any atom is 0.270 e. The van der Waals surface area contributed by atoms with E-state index in [9.17, 15) is 23.2 Å². The first kappa shape index (κ1) is 33.5. The fourth-order valence-electron chi connectivity index (χ4n) is 6.71. The Bertz CT molecular complexity index is 1700. The Morgan fingerprint density at radius 2 is 1.83 bits per heavy atom. The number of carbonyl (C=O) groups excluding carboxylic acids is 3. The molecule has 1 aromatic heterocycles. The normalized spacial score (nSPS) is 21.1. The lowest BCUT2D eigenvalue weighted by molar-refractivity contribution is -0.138. The number of benzene rings is 2. The summed E-state index contributed by atoms with van der Waals surface area (Å²) in [5, 5.41) is 6.11. The van der Waals surface area contributed by atoms with Crippen LogP contribution in [0, 0.1) is 11.7 Å². The van der Waals surface area contributed by atoms with E-state index in [-0.39, 0.29) is 24.7 Å². The van der Waals surface area contributed by atoms with E-state index >= 15 is 0 Å². The van der Waals surface area contributed by atoms with E-state index in [0.717, 1.165) is 42.7 Å². The smallest absolute Gasteiger partial charge is 0.270 e. The van der Waals surface area contributed by atoms with Crippen molar-refractivity contribution in [1.29, 1.82) is 0 Å². The fourth-order valence-corrected chi connectivity index (χ4v) is 6.71. The molecule has 3 atom stereocenters. The van der Waals surface area contributed by atoms with Crippen LogP contribution in [0.15, 0.2) is 54.6 Å². The Kier molecular flexibility index (Phi) is 10.1. The zero-order chi connectivity index (χ0) is 33.9. The molecule has 48 heavy (non-hydrogen) atoms. The van der Waals surface area contributed by atoms with Gasteiger partial charge < -0.3 is 25.3 Å². The van der Waals surface area contributed by atoms with Crippen molar-refractivity contribution in [3.63, 3.8) is 0 Å². The number of amides is 3. The molecule has 9 nitrogen and oxygen atoms in total. The van der Waals surface area contributed by atoms with Gasteiger partial charge in [0.25, 0.3) is 5.91 Å². The lowest BCUT2D eigenvalue weighted by Crippen LogP contribution is -2.49. The van der Waals surface area contributed by atoms with Gasteiger partial charge in [-0.2, -0.15) is 0 Å². The summed E-state index contributed by atoms with van der Waals surface area (Å²) in [5.74, 6) is -1.42. The van der Waals surface area contributed by atoms with Crippen LogP contribution in [0.2, 0.25) is 0 Å². The van der Waals surface area contributed by atoms with Gasteiger partial charge in [0.1, 0.15) is 23.7 Å². The molecule has 2 saturated heterocycles. The number of pyridine rings is 1. The van der Waals surface area contributed by atoms with E-state index in [2.05, 4.69) is 69.9 Å². The molecule has 3 aromatic rings. The molecule has 2 aromatic carbocycles. The summed E-state index contributed by atoms with van der Waals surface area (Å²) in [6.45, 7) is 3.40. The maximum absolute atomic E-state index is 14.7. The van der Waals surface area contributed by atoms with Gasteiger partial charge in [-0.25, -0.2) is 13.8 Å². The number of rotatable bonds is 10. The first-order valence-corrected chi connectivity index (χ1v) is 16.9. The van der Waals surface area contributed by atoms with Crippen LogP contribution < -0.4 is 15.5 Å². The van der Waals surface area contributed by atoms with Gasteiger partial charge in [0.05, 0.1) is 24.6 Å². The number of allylic oxidation sites excluding steroid dienone is 1. The van der Waals surface area contributed by atoms with Crippen LogP contribution in [-0.2, 0) is 9.59 Å². The van der Waals surface area contributed by atoms with Crippen LogP contribution in [0.25, 0.3) is 17.0 Å². The molecular formula is C37H44F2N6O3. The number of anilines is 1. The molecule has 1 aliphatic carbocycles. The zero-order valence-electron chi connectivity index (χ0n) is 27.8. The number of nitrogens with zero attached hydrogens (tertiary/aromatic N) is 4.